The third kappa shape index (κ3) is 6.66. The second-order valence-electron chi connectivity index (χ2n) is 7.79. The number of hydrogen-bond donors (Lipinski definition) is 2. The summed E-state index contributed by atoms with van der Waals surface area (Å²) >= 11 is 0. The minimum atomic E-state index is -0.283. The normalized spacial score (nSPS) is 15.8. The molecule has 2 rings (SSSR count). The third-order valence-corrected chi connectivity index (χ3v) is 5.23. The number of amides is 1. The SMILES string of the molecule is CN=C(NCCc1cc(C)cc(C)c1)NCC1(C(=O)N(C)C)CCCC1.I. The molecule has 152 valence electrons. The summed E-state index contributed by atoms with van der Waals surface area (Å²) in [6.07, 6.45) is 5.11. The van der Waals surface area contributed by atoms with E-state index in [1.54, 1.807) is 11.9 Å². The lowest BCUT2D eigenvalue weighted by molar-refractivity contribution is -0.138. The molecule has 0 radical (unpaired) electrons. The maximum atomic E-state index is 12.7. The molecule has 1 aromatic carbocycles. The van der Waals surface area contributed by atoms with Crippen molar-refractivity contribution >= 4 is 35.8 Å². The van der Waals surface area contributed by atoms with Crippen molar-refractivity contribution in [1.29, 1.82) is 0 Å². The van der Waals surface area contributed by atoms with Gasteiger partial charge in [-0.1, -0.05) is 42.2 Å². The summed E-state index contributed by atoms with van der Waals surface area (Å²) in [4.78, 5) is 18.7. The van der Waals surface area contributed by atoms with Gasteiger partial charge < -0.3 is 15.5 Å². The second kappa shape index (κ2) is 10.9. The highest BCUT2D eigenvalue weighted by Crippen LogP contribution is 2.38. The lowest BCUT2D eigenvalue weighted by atomic mass is 9.84. The molecule has 0 aliphatic heterocycles. The van der Waals surface area contributed by atoms with Gasteiger partial charge in [0.1, 0.15) is 0 Å². The van der Waals surface area contributed by atoms with E-state index in [2.05, 4.69) is 47.7 Å². The van der Waals surface area contributed by atoms with Crippen LogP contribution in [0.3, 0.4) is 0 Å². The van der Waals surface area contributed by atoms with Crippen molar-refractivity contribution in [3.63, 3.8) is 0 Å². The fraction of sp³-hybridized carbons (Fsp3) is 0.619. The molecule has 0 unspecified atom stereocenters. The van der Waals surface area contributed by atoms with E-state index in [4.69, 9.17) is 0 Å². The van der Waals surface area contributed by atoms with Gasteiger partial charge in [-0.3, -0.25) is 9.79 Å². The van der Waals surface area contributed by atoms with Gasteiger partial charge in [0.15, 0.2) is 5.96 Å². The maximum Gasteiger partial charge on any atom is 0.230 e. The summed E-state index contributed by atoms with van der Waals surface area (Å²) in [6, 6.07) is 6.66. The van der Waals surface area contributed by atoms with Gasteiger partial charge in [-0.2, -0.15) is 0 Å². The molecule has 2 N–H and O–H groups in total. The van der Waals surface area contributed by atoms with Gasteiger partial charge in [-0.25, -0.2) is 0 Å². The molecule has 27 heavy (non-hydrogen) atoms. The molecule has 0 bridgehead atoms. The van der Waals surface area contributed by atoms with Gasteiger partial charge in [-0.15, -0.1) is 24.0 Å². The van der Waals surface area contributed by atoms with Gasteiger partial charge in [-0.05, 0) is 38.7 Å². The molecule has 6 heteroatoms. The van der Waals surface area contributed by atoms with Crippen LogP contribution in [0.2, 0.25) is 0 Å². The smallest absolute Gasteiger partial charge is 0.230 e. The number of aliphatic imine (C=N–C) groups is 1. The van der Waals surface area contributed by atoms with E-state index < -0.39 is 0 Å². The summed E-state index contributed by atoms with van der Waals surface area (Å²) in [7, 11) is 5.47. The van der Waals surface area contributed by atoms with Crippen LogP contribution in [0.15, 0.2) is 23.2 Å². The predicted octanol–water partition coefficient (Wildman–Crippen LogP) is 3.28. The molecule has 1 amide bonds. The Kier molecular flexibility index (Phi) is 9.56. The summed E-state index contributed by atoms with van der Waals surface area (Å²) in [6.45, 7) is 5.73. The number of halogens is 1. The highest BCUT2D eigenvalue weighted by molar-refractivity contribution is 14.0. The van der Waals surface area contributed by atoms with Gasteiger partial charge in [0, 0.05) is 34.2 Å². The Morgan fingerprint density at radius 1 is 1.11 bits per heavy atom. The number of guanidine groups is 1. The van der Waals surface area contributed by atoms with E-state index in [1.807, 2.05) is 14.1 Å². The molecule has 0 aromatic heterocycles. The van der Waals surface area contributed by atoms with Crippen LogP contribution in [0, 0.1) is 19.3 Å². The van der Waals surface area contributed by atoms with Crippen LogP contribution in [0.4, 0.5) is 0 Å². The Morgan fingerprint density at radius 3 is 2.22 bits per heavy atom. The number of benzene rings is 1. The molecular formula is C21H35IN4O. The van der Waals surface area contributed by atoms with E-state index in [0.717, 1.165) is 44.6 Å². The summed E-state index contributed by atoms with van der Waals surface area (Å²) < 4.78 is 0. The van der Waals surface area contributed by atoms with Crippen LogP contribution in [0.25, 0.3) is 0 Å². The van der Waals surface area contributed by atoms with Crippen molar-refractivity contribution < 1.29 is 4.79 Å². The molecular weight excluding hydrogens is 451 g/mol. The molecule has 1 fully saturated rings. The monoisotopic (exact) mass is 486 g/mol. The lowest BCUT2D eigenvalue weighted by Gasteiger charge is -2.31. The summed E-state index contributed by atoms with van der Waals surface area (Å²) in [5, 5.41) is 6.77. The largest absolute Gasteiger partial charge is 0.356 e. The Labute approximate surface area is 181 Å². The Bertz CT molecular complexity index is 631. The van der Waals surface area contributed by atoms with Gasteiger partial charge in [0.25, 0.3) is 0 Å². The standard InChI is InChI=1S/C21H34N4O.HI/c1-16-12-17(2)14-18(13-16)8-11-23-20(22-3)24-15-21(9-6-7-10-21)19(26)25(4)5;/h12-14H,6-11,15H2,1-5H3,(H2,22,23,24);1H. The van der Waals surface area contributed by atoms with Crippen LogP contribution in [0.1, 0.15) is 42.4 Å². The number of nitrogens with one attached hydrogen (secondary N) is 2. The third-order valence-electron chi connectivity index (χ3n) is 5.23. The molecule has 1 aliphatic rings. The molecule has 1 aromatic rings. The number of carbonyl (C=O) groups is 1. The topological polar surface area (TPSA) is 56.7 Å². The van der Waals surface area contributed by atoms with Gasteiger partial charge in [0.2, 0.25) is 5.91 Å². The molecule has 0 spiro atoms. The number of aryl methyl sites for hydroxylation is 2. The number of nitrogens with zero attached hydrogens (tertiary/aromatic N) is 2. The first-order valence-corrected chi connectivity index (χ1v) is 9.60. The second-order valence-corrected chi connectivity index (χ2v) is 7.79. The van der Waals surface area contributed by atoms with Crippen molar-refractivity contribution in [1.82, 2.24) is 15.5 Å². The molecule has 0 saturated heterocycles. The van der Waals surface area contributed by atoms with E-state index in [0.29, 0.717) is 6.54 Å². The minimum absolute atomic E-state index is 0. The molecule has 0 atom stereocenters. The maximum absolute atomic E-state index is 12.7. The summed E-state index contributed by atoms with van der Waals surface area (Å²) in [5.41, 5.74) is 3.65. The highest BCUT2D eigenvalue weighted by atomic mass is 127. The first kappa shape index (κ1) is 23.7. The first-order chi connectivity index (χ1) is 12.4. The Hall–Kier alpha value is -1.31. The van der Waals surface area contributed by atoms with Gasteiger partial charge >= 0.3 is 0 Å². The molecule has 1 aliphatic carbocycles. The lowest BCUT2D eigenvalue weighted by Crippen LogP contribution is -2.49. The predicted molar refractivity (Wildman–Crippen MR) is 124 cm³/mol. The van der Waals surface area contributed by atoms with Crippen molar-refractivity contribution in [3.8, 4) is 0 Å². The zero-order valence-corrected chi connectivity index (χ0v) is 19.7. The van der Waals surface area contributed by atoms with Crippen molar-refractivity contribution in [2.45, 2.75) is 46.0 Å². The van der Waals surface area contributed by atoms with Crippen molar-refractivity contribution in [3.05, 3.63) is 34.9 Å². The Morgan fingerprint density at radius 2 is 1.70 bits per heavy atom. The fourth-order valence-corrected chi connectivity index (χ4v) is 4.00. The van der Waals surface area contributed by atoms with Crippen LogP contribution in [-0.4, -0.2) is 51.0 Å². The van der Waals surface area contributed by atoms with E-state index in [1.165, 1.54) is 16.7 Å². The van der Waals surface area contributed by atoms with Crippen LogP contribution in [-0.2, 0) is 11.2 Å². The van der Waals surface area contributed by atoms with Gasteiger partial charge in [0.05, 0.1) is 5.41 Å². The quantitative estimate of drug-likeness (QED) is 0.369. The number of hydrogen-bond acceptors (Lipinski definition) is 2. The van der Waals surface area contributed by atoms with Crippen molar-refractivity contribution in [2.75, 3.05) is 34.2 Å². The van der Waals surface area contributed by atoms with E-state index >= 15 is 0 Å². The van der Waals surface area contributed by atoms with Crippen molar-refractivity contribution in [2.24, 2.45) is 10.4 Å². The van der Waals surface area contributed by atoms with Crippen LogP contribution in [0.5, 0.6) is 0 Å². The number of carbonyl (C=O) groups excluding carboxylic acids is 1. The molecule has 0 heterocycles. The number of rotatable bonds is 6. The zero-order valence-electron chi connectivity index (χ0n) is 17.4. The highest BCUT2D eigenvalue weighted by Gasteiger charge is 2.42. The average molecular weight is 486 g/mol. The Balaban J connectivity index is 0.00000364. The average Bonchev–Trinajstić information content (AvgIpc) is 3.06. The molecule has 5 nitrogen and oxygen atoms in total. The van der Waals surface area contributed by atoms with E-state index in [9.17, 15) is 4.79 Å². The van der Waals surface area contributed by atoms with Crippen LogP contribution < -0.4 is 10.6 Å². The summed E-state index contributed by atoms with van der Waals surface area (Å²) in [5.74, 6) is 1.00. The zero-order chi connectivity index (χ0) is 19.2. The van der Waals surface area contributed by atoms with Crippen LogP contribution >= 0.6 is 24.0 Å². The molecule has 1 saturated carbocycles. The fourth-order valence-electron chi connectivity index (χ4n) is 4.00. The van der Waals surface area contributed by atoms with E-state index in [-0.39, 0.29) is 35.3 Å². The first-order valence-electron chi connectivity index (χ1n) is 9.60. The minimum Gasteiger partial charge on any atom is -0.356 e.